The topological polar surface area (TPSA) is 58.6 Å². The highest BCUT2D eigenvalue weighted by Gasteiger charge is 2.28. The van der Waals surface area contributed by atoms with E-state index in [-0.39, 0.29) is 17.7 Å². The molecule has 5 nitrogen and oxygen atoms in total. The first kappa shape index (κ1) is 19.2. The molecule has 0 bridgehead atoms. The van der Waals surface area contributed by atoms with Crippen molar-refractivity contribution in [3.8, 4) is 5.75 Å². The monoisotopic (exact) mass is 386 g/mol. The minimum absolute atomic E-state index is 0.0246. The third-order valence-electron chi connectivity index (χ3n) is 4.91. The predicted molar refractivity (Wildman–Crippen MR) is 106 cm³/mol. The molecule has 142 valence electrons. The number of ether oxygens (including phenoxy) is 1. The molecular weight excluding hydrogens is 364 g/mol. The van der Waals surface area contributed by atoms with E-state index < -0.39 is 0 Å². The third-order valence-corrected chi connectivity index (χ3v) is 5.32. The second-order valence-corrected chi connectivity index (χ2v) is 7.16. The van der Waals surface area contributed by atoms with Crippen LogP contribution in [-0.4, -0.2) is 36.9 Å². The summed E-state index contributed by atoms with van der Waals surface area (Å²) in [6.45, 7) is 3.04. The number of hydrogen-bond acceptors (Lipinski definition) is 3. The van der Waals surface area contributed by atoms with E-state index in [1.807, 2.05) is 25.1 Å². The molecule has 0 atom stereocenters. The molecular formula is C21H23ClN2O3. The molecule has 2 aromatic carbocycles. The average Bonchev–Trinajstić information content (AvgIpc) is 2.70. The van der Waals surface area contributed by atoms with Gasteiger partial charge in [-0.3, -0.25) is 9.59 Å². The van der Waals surface area contributed by atoms with E-state index in [2.05, 4.69) is 5.32 Å². The van der Waals surface area contributed by atoms with Crippen LogP contribution in [0, 0.1) is 12.8 Å². The Morgan fingerprint density at radius 2 is 1.89 bits per heavy atom. The molecule has 0 aliphatic carbocycles. The van der Waals surface area contributed by atoms with Crippen LogP contribution in [-0.2, 0) is 4.79 Å². The molecule has 1 heterocycles. The summed E-state index contributed by atoms with van der Waals surface area (Å²) in [6, 6.07) is 12.6. The van der Waals surface area contributed by atoms with Gasteiger partial charge in [0.2, 0.25) is 5.91 Å². The summed E-state index contributed by atoms with van der Waals surface area (Å²) in [5, 5.41) is 3.56. The van der Waals surface area contributed by atoms with Crippen LogP contribution in [0.5, 0.6) is 5.75 Å². The number of piperidine rings is 1. The summed E-state index contributed by atoms with van der Waals surface area (Å²) in [4.78, 5) is 27.0. The Morgan fingerprint density at radius 3 is 2.56 bits per heavy atom. The SMILES string of the molecule is COc1cccc(C(=O)N2CCC(C(=O)Nc3ccc(C)c(Cl)c3)CC2)c1. The van der Waals surface area contributed by atoms with Crippen LogP contribution in [0.1, 0.15) is 28.8 Å². The van der Waals surface area contributed by atoms with Gasteiger partial charge in [0.25, 0.3) is 5.91 Å². The highest BCUT2D eigenvalue weighted by atomic mass is 35.5. The van der Waals surface area contributed by atoms with Crippen molar-refractivity contribution in [2.24, 2.45) is 5.92 Å². The molecule has 0 saturated carbocycles. The number of rotatable bonds is 4. The lowest BCUT2D eigenvalue weighted by molar-refractivity contribution is -0.121. The van der Waals surface area contributed by atoms with Crippen LogP contribution < -0.4 is 10.1 Å². The van der Waals surface area contributed by atoms with Gasteiger partial charge in [0.1, 0.15) is 5.75 Å². The van der Waals surface area contributed by atoms with Crippen molar-refractivity contribution in [3.63, 3.8) is 0 Å². The van der Waals surface area contributed by atoms with Gasteiger partial charge < -0.3 is 15.0 Å². The minimum Gasteiger partial charge on any atom is -0.497 e. The van der Waals surface area contributed by atoms with E-state index in [1.165, 1.54) is 0 Å². The molecule has 3 rings (SSSR count). The van der Waals surface area contributed by atoms with Gasteiger partial charge in [0.05, 0.1) is 7.11 Å². The number of carbonyl (C=O) groups excluding carboxylic acids is 2. The molecule has 0 aromatic heterocycles. The number of halogens is 1. The normalized spacial score (nSPS) is 14.7. The quantitative estimate of drug-likeness (QED) is 0.858. The molecule has 0 unspecified atom stereocenters. The van der Waals surface area contributed by atoms with E-state index in [0.29, 0.717) is 48.0 Å². The van der Waals surface area contributed by atoms with Gasteiger partial charge in [0.15, 0.2) is 0 Å². The van der Waals surface area contributed by atoms with Gasteiger partial charge >= 0.3 is 0 Å². The van der Waals surface area contributed by atoms with E-state index in [9.17, 15) is 9.59 Å². The number of amides is 2. The van der Waals surface area contributed by atoms with Gasteiger partial charge in [-0.05, 0) is 55.7 Å². The molecule has 6 heteroatoms. The highest BCUT2D eigenvalue weighted by Crippen LogP contribution is 2.24. The fourth-order valence-electron chi connectivity index (χ4n) is 3.20. The number of aryl methyl sites for hydroxylation is 1. The molecule has 27 heavy (non-hydrogen) atoms. The van der Waals surface area contributed by atoms with Crippen LogP contribution in [0.25, 0.3) is 0 Å². The third kappa shape index (κ3) is 4.61. The zero-order chi connectivity index (χ0) is 19.4. The maximum Gasteiger partial charge on any atom is 0.253 e. The zero-order valence-corrected chi connectivity index (χ0v) is 16.3. The fourth-order valence-corrected chi connectivity index (χ4v) is 3.38. The maximum absolute atomic E-state index is 12.7. The Balaban J connectivity index is 1.56. The van der Waals surface area contributed by atoms with Crippen LogP contribution in [0.2, 0.25) is 5.02 Å². The van der Waals surface area contributed by atoms with Crippen molar-refractivity contribution < 1.29 is 14.3 Å². The summed E-state index contributed by atoms with van der Waals surface area (Å²) >= 11 is 6.11. The first-order valence-electron chi connectivity index (χ1n) is 8.98. The Labute approximate surface area is 164 Å². The van der Waals surface area contributed by atoms with Crippen molar-refractivity contribution in [1.29, 1.82) is 0 Å². The molecule has 0 radical (unpaired) electrons. The average molecular weight is 387 g/mol. The van der Waals surface area contributed by atoms with Crippen LogP contribution in [0.4, 0.5) is 5.69 Å². The van der Waals surface area contributed by atoms with Crippen molar-refractivity contribution in [2.75, 3.05) is 25.5 Å². The van der Waals surface area contributed by atoms with Gasteiger partial charge in [-0.1, -0.05) is 23.7 Å². The largest absolute Gasteiger partial charge is 0.497 e. The van der Waals surface area contributed by atoms with Crippen molar-refractivity contribution in [2.45, 2.75) is 19.8 Å². The Bertz CT molecular complexity index is 845. The van der Waals surface area contributed by atoms with E-state index in [4.69, 9.17) is 16.3 Å². The van der Waals surface area contributed by atoms with Gasteiger partial charge in [-0.2, -0.15) is 0 Å². The van der Waals surface area contributed by atoms with Gasteiger partial charge in [0, 0.05) is 35.3 Å². The highest BCUT2D eigenvalue weighted by molar-refractivity contribution is 6.31. The van der Waals surface area contributed by atoms with E-state index in [1.54, 1.807) is 36.3 Å². The van der Waals surface area contributed by atoms with Gasteiger partial charge in [-0.25, -0.2) is 0 Å². The first-order chi connectivity index (χ1) is 13.0. The standard InChI is InChI=1S/C21H23ClN2O3/c1-14-6-7-17(13-19(14)22)23-20(25)15-8-10-24(11-9-15)21(26)16-4-3-5-18(12-16)27-2/h3-7,12-13,15H,8-11H2,1-2H3,(H,23,25). The van der Waals surface area contributed by atoms with Crippen molar-refractivity contribution >= 4 is 29.1 Å². The summed E-state index contributed by atoms with van der Waals surface area (Å²) < 4.78 is 5.18. The summed E-state index contributed by atoms with van der Waals surface area (Å²) in [6.07, 6.45) is 1.28. The molecule has 1 saturated heterocycles. The van der Waals surface area contributed by atoms with Crippen LogP contribution in [0.3, 0.4) is 0 Å². The number of likely N-dealkylation sites (tertiary alicyclic amines) is 1. The number of carbonyl (C=O) groups is 2. The number of anilines is 1. The summed E-state index contributed by atoms with van der Waals surface area (Å²) in [7, 11) is 1.58. The second-order valence-electron chi connectivity index (χ2n) is 6.75. The number of methoxy groups -OCH3 is 1. The Hall–Kier alpha value is -2.53. The molecule has 1 fully saturated rings. The Morgan fingerprint density at radius 1 is 1.15 bits per heavy atom. The molecule has 1 aliphatic heterocycles. The number of nitrogens with zero attached hydrogens (tertiary/aromatic N) is 1. The molecule has 1 aliphatic rings. The number of nitrogens with one attached hydrogen (secondary N) is 1. The lowest BCUT2D eigenvalue weighted by atomic mass is 9.95. The lowest BCUT2D eigenvalue weighted by Crippen LogP contribution is -2.41. The summed E-state index contributed by atoms with van der Waals surface area (Å²) in [5.41, 5.74) is 2.27. The molecule has 1 N–H and O–H groups in total. The second kappa shape index (κ2) is 8.44. The van der Waals surface area contributed by atoms with Crippen LogP contribution in [0.15, 0.2) is 42.5 Å². The number of benzene rings is 2. The summed E-state index contributed by atoms with van der Waals surface area (Å²) in [5.74, 6) is 0.493. The molecule has 2 amide bonds. The molecule has 0 spiro atoms. The first-order valence-corrected chi connectivity index (χ1v) is 9.36. The minimum atomic E-state index is -0.112. The van der Waals surface area contributed by atoms with Crippen molar-refractivity contribution in [3.05, 3.63) is 58.6 Å². The van der Waals surface area contributed by atoms with E-state index in [0.717, 1.165) is 5.56 Å². The van der Waals surface area contributed by atoms with Crippen LogP contribution >= 0.6 is 11.6 Å². The fraction of sp³-hybridized carbons (Fsp3) is 0.333. The number of hydrogen-bond donors (Lipinski definition) is 1. The zero-order valence-electron chi connectivity index (χ0n) is 15.5. The lowest BCUT2D eigenvalue weighted by Gasteiger charge is -2.31. The predicted octanol–water partition coefficient (Wildman–Crippen LogP) is 4.15. The molecule has 2 aromatic rings. The smallest absolute Gasteiger partial charge is 0.253 e. The van der Waals surface area contributed by atoms with Crippen molar-refractivity contribution in [1.82, 2.24) is 4.90 Å². The Kier molecular flexibility index (Phi) is 6.01. The maximum atomic E-state index is 12.7. The van der Waals surface area contributed by atoms with E-state index >= 15 is 0 Å². The van der Waals surface area contributed by atoms with Gasteiger partial charge in [-0.15, -0.1) is 0 Å².